The number of nitrogens with zero attached hydrogens (tertiary/aromatic N) is 1. The van der Waals surface area contributed by atoms with E-state index < -0.39 is 0 Å². The van der Waals surface area contributed by atoms with Gasteiger partial charge < -0.3 is 5.32 Å². The first-order valence-corrected chi connectivity index (χ1v) is 6.79. The van der Waals surface area contributed by atoms with Gasteiger partial charge in [-0.3, -0.25) is 4.79 Å². The van der Waals surface area contributed by atoms with Crippen molar-refractivity contribution in [2.75, 3.05) is 5.32 Å². The molecule has 0 spiro atoms. The Bertz CT molecular complexity index is 565. The Hall–Kier alpha value is -1.20. The lowest BCUT2D eigenvalue weighted by Gasteiger charge is -2.05. The molecule has 0 saturated heterocycles. The normalized spacial score (nSPS) is 10.3. The van der Waals surface area contributed by atoms with E-state index in [2.05, 4.69) is 26.2 Å². The number of hydrogen-bond donors (Lipinski definition) is 1. The molecule has 0 aliphatic carbocycles. The molecule has 2 aromatic heterocycles. The fraction of sp³-hybridized carbons (Fsp3) is 0.167. The summed E-state index contributed by atoms with van der Waals surface area (Å²) in [6.07, 6.45) is 0. The molecule has 17 heavy (non-hydrogen) atoms. The fourth-order valence-electron chi connectivity index (χ4n) is 1.39. The number of amides is 1. The van der Waals surface area contributed by atoms with Crippen LogP contribution >= 0.6 is 27.3 Å². The molecule has 0 atom stereocenters. The predicted molar refractivity (Wildman–Crippen MR) is 73.7 cm³/mol. The number of halogens is 1. The van der Waals surface area contributed by atoms with Crippen molar-refractivity contribution < 1.29 is 4.79 Å². The molecule has 0 aromatic carbocycles. The molecule has 2 heterocycles. The van der Waals surface area contributed by atoms with Gasteiger partial charge in [-0.15, -0.1) is 0 Å². The Kier molecular flexibility index (Phi) is 3.59. The summed E-state index contributed by atoms with van der Waals surface area (Å²) >= 11 is 4.89. The van der Waals surface area contributed by atoms with Crippen LogP contribution in [-0.4, -0.2) is 10.9 Å². The minimum atomic E-state index is -0.113. The first kappa shape index (κ1) is 12.3. The van der Waals surface area contributed by atoms with E-state index in [-0.39, 0.29) is 5.91 Å². The van der Waals surface area contributed by atoms with Gasteiger partial charge in [0.1, 0.15) is 5.82 Å². The first-order valence-electron chi connectivity index (χ1n) is 5.05. The topological polar surface area (TPSA) is 42.0 Å². The zero-order chi connectivity index (χ0) is 12.4. The van der Waals surface area contributed by atoms with Crippen LogP contribution in [-0.2, 0) is 0 Å². The highest BCUT2D eigenvalue weighted by molar-refractivity contribution is 9.10. The summed E-state index contributed by atoms with van der Waals surface area (Å²) in [6.45, 7) is 3.81. The Morgan fingerprint density at radius 3 is 2.71 bits per heavy atom. The maximum absolute atomic E-state index is 11.9. The van der Waals surface area contributed by atoms with E-state index >= 15 is 0 Å². The molecule has 88 valence electrons. The Balaban J connectivity index is 2.19. The van der Waals surface area contributed by atoms with Crippen molar-refractivity contribution in [1.29, 1.82) is 0 Å². The molecular formula is C12H11BrN2OS. The monoisotopic (exact) mass is 310 g/mol. The van der Waals surface area contributed by atoms with Crippen molar-refractivity contribution in [2.45, 2.75) is 13.8 Å². The van der Waals surface area contributed by atoms with Crippen molar-refractivity contribution in [1.82, 2.24) is 4.98 Å². The predicted octanol–water partition coefficient (Wildman–Crippen LogP) is 3.77. The number of thiophene rings is 1. The highest BCUT2D eigenvalue weighted by Crippen LogP contribution is 2.18. The third-order valence-corrected chi connectivity index (χ3v) is 4.06. The minimum Gasteiger partial charge on any atom is -0.307 e. The van der Waals surface area contributed by atoms with Crippen LogP contribution in [0.4, 0.5) is 5.82 Å². The van der Waals surface area contributed by atoms with Crippen molar-refractivity contribution in [3.05, 3.63) is 44.2 Å². The van der Waals surface area contributed by atoms with Gasteiger partial charge in [-0.25, -0.2) is 4.98 Å². The molecular weight excluding hydrogens is 300 g/mol. The second-order valence-electron chi connectivity index (χ2n) is 3.69. The molecule has 0 saturated carbocycles. The lowest BCUT2D eigenvalue weighted by atomic mass is 10.2. The van der Waals surface area contributed by atoms with Crippen LogP contribution in [0.3, 0.4) is 0 Å². The van der Waals surface area contributed by atoms with Crippen LogP contribution in [0.5, 0.6) is 0 Å². The molecule has 0 radical (unpaired) electrons. The van der Waals surface area contributed by atoms with Crippen molar-refractivity contribution in [3.63, 3.8) is 0 Å². The van der Waals surface area contributed by atoms with Crippen LogP contribution < -0.4 is 5.32 Å². The SMILES string of the molecule is Cc1cscc1C(=O)Nc1ccc(Br)c(C)n1. The summed E-state index contributed by atoms with van der Waals surface area (Å²) in [4.78, 5) is 16.2. The highest BCUT2D eigenvalue weighted by atomic mass is 79.9. The number of rotatable bonds is 2. The molecule has 0 fully saturated rings. The van der Waals surface area contributed by atoms with Crippen LogP contribution in [0.15, 0.2) is 27.4 Å². The Labute approximate surface area is 112 Å². The van der Waals surface area contributed by atoms with E-state index in [1.54, 1.807) is 6.07 Å². The molecule has 0 aliphatic rings. The number of hydrogen-bond acceptors (Lipinski definition) is 3. The smallest absolute Gasteiger partial charge is 0.257 e. The van der Waals surface area contributed by atoms with Crippen LogP contribution in [0.2, 0.25) is 0 Å². The third-order valence-electron chi connectivity index (χ3n) is 2.36. The molecule has 2 aromatic rings. The molecule has 2 rings (SSSR count). The summed E-state index contributed by atoms with van der Waals surface area (Å²) in [5, 5.41) is 6.59. The largest absolute Gasteiger partial charge is 0.307 e. The zero-order valence-electron chi connectivity index (χ0n) is 9.45. The number of carbonyl (C=O) groups excluding carboxylic acids is 1. The maximum atomic E-state index is 11.9. The van der Waals surface area contributed by atoms with Crippen molar-refractivity contribution >= 4 is 39.0 Å². The molecule has 3 nitrogen and oxygen atoms in total. The second-order valence-corrected chi connectivity index (χ2v) is 5.28. The molecule has 1 amide bonds. The number of pyridine rings is 1. The first-order chi connectivity index (χ1) is 8.08. The number of nitrogens with one attached hydrogen (secondary N) is 1. The average Bonchev–Trinajstić information content (AvgIpc) is 2.70. The summed E-state index contributed by atoms with van der Waals surface area (Å²) in [5.41, 5.74) is 2.54. The van der Waals surface area contributed by atoms with E-state index in [4.69, 9.17) is 0 Å². The Morgan fingerprint density at radius 1 is 1.35 bits per heavy atom. The van der Waals surface area contributed by atoms with Crippen LogP contribution in [0.25, 0.3) is 0 Å². The van der Waals surface area contributed by atoms with Crippen molar-refractivity contribution in [3.8, 4) is 0 Å². The summed E-state index contributed by atoms with van der Waals surface area (Å²) in [6, 6.07) is 3.65. The van der Waals surface area contributed by atoms with Gasteiger partial charge in [0.15, 0.2) is 0 Å². The van der Waals surface area contributed by atoms with Gasteiger partial charge in [-0.2, -0.15) is 11.3 Å². The zero-order valence-corrected chi connectivity index (χ0v) is 11.9. The lowest BCUT2D eigenvalue weighted by molar-refractivity contribution is 0.102. The molecule has 5 heteroatoms. The van der Waals surface area contributed by atoms with Gasteiger partial charge in [-0.1, -0.05) is 0 Å². The lowest BCUT2D eigenvalue weighted by Crippen LogP contribution is -2.13. The summed E-state index contributed by atoms with van der Waals surface area (Å²) in [7, 11) is 0. The molecule has 0 bridgehead atoms. The van der Waals surface area contributed by atoms with Gasteiger partial charge in [0, 0.05) is 9.85 Å². The number of carbonyl (C=O) groups is 1. The van der Waals surface area contributed by atoms with E-state index in [1.165, 1.54) is 11.3 Å². The van der Waals surface area contributed by atoms with Gasteiger partial charge in [-0.05, 0) is 52.9 Å². The molecule has 0 unspecified atom stereocenters. The van der Waals surface area contributed by atoms with Gasteiger partial charge >= 0.3 is 0 Å². The average molecular weight is 311 g/mol. The number of aryl methyl sites for hydroxylation is 2. The highest BCUT2D eigenvalue weighted by Gasteiger charge is 2.10. The van der Waals surface area contributed by atoms with Crippen molar-refractivity contribution in [2.24, 2.45) is 0 Å². The third kappa shape index (κ3) is 2.73. The van der Waals surface area contributed by atoms with Gasteiger partial charge in [0.25, 0.3) is 5.91 Å². The number of anilines is 1. The van der Waals surface area contributed by atoms with E-state index in [1.807, 2.05) is 30.7 Å². The maximum Gasteiger partial charge on any atom is 0.257 e. The van der Waals surface area contributed by atoms with Crippen LogP contribution in [0.1, 0.15) is 21.6 Å². The van der Waals surface area contributed by atoms with Gasteiger partial charge in [0.05, 0.1) is 11.3 Å². The van der Waals surface area contributed by atoms with Gasteiger partial charge in [0.2, 0.25) is 0 Å². The molecule has 1 N–H and O–H groups in total. The molecule has 0 aliphatic heterocycles. The van der Waals surface area contributed by atoms with Crippen LogP contribution in [0, 0.1) is 13.8 Å². The second kappa shape index (κ2) is 4.98. The quantitative estimate of drug-likeness (QED) is 0.917. The van der Waals surface area contributed by atoms with E-state index in [0.717, 1.165) is 15.7 Å². The fourth-order valence-corrected chi connectivity index (χ4v) is 2.44. The van der Waals surface area contributed by atoms with E-state index in [9.17, 15) is 4.79 Å². The standard InChI is InChI=1S/C12H11BrN2OS/c1-7-5-17-6-9(7)12(16)15-11-4-3-10(13)8(2)14-11/h3-6H,1-2H3,(H,14,15,16). The summed E-state index contributed by atoms with van der Waals surface area (Å²) in [5.74, 6) is 0.458. The number of aromatic nitrogens is 1. The Morgan fingerprint density at radius 2 is 2.12 bits per heavy atom. The minimum absolute atomic E-state index is 0.113. The van der Waals surface area contributed by atoms with E-state index in [0.29, 0.717) is 11.4 Å². The summed E-state index contributed by atoms with van der Waals surface area (Å²) < 4.78 is 0.933.